The van der Waals surface area contributed by atoms with Crippen LogP contribution < -0.4 is 10.5 Å². The Morgan fingerprint density at radius 1 is 1.24 bits per heavy atom. The number of aliphatic hydroxyl groups excluding tert-OH is 1. The fraction of sp³-hybridized carbons (Fsp3) is 0.625. The first-order valence-electron chi connectivity index (χ1n) is 7.41. The predicted octanol–water partition coefficient (Wildman–Crippen LogP) is 1.41. The quantitative estimate of drug-likeness (QED) is 0.683. The summed E-state index contributed by atoms with van der Waals surface area (Å²) in [7, 11) is 3.34. The minimum Gasteiger partial charge on any atom is -0.496 e. The standard InChI is InChI=1S/C16H28N2O3/c1-4-14(17)16(18(9-11-19)10-12-20-2)13-7-5-6-8-15(13)21-3/h5-8,14,16,19H,4,9-12,17H2,1-3H3. The van der Waals surface area contributed by atoms with E-state index in [-0.39, 0.29) is 18.7 Å². The number of methoxy groups -OCH3 is 2. The molecule has 1 aromatic carbocycles. The molecular weight excluding hydrogens is 268 g/mol. The van der Waals surface area contributed by atoms with Gasteiger partial charge < -0.3 is 20.3 Å². The van der Waals surface area contributed by atoms with Gasteiger partial charge in [0.15, 0.2) is 0 Å². The molecule has 0 aliphatic rings. The van der Waals surface area contributed by atoms with Crippen molar-refractivity contribution >= 4 is 0 Å². The first kappa shape index (κ1) is 17.9. The lowest BCUT2D eigenvalue weighted by atomic mass is 9.95. The molecule has 0 amide bonds. The maximum Gasteiger partial charge on any atom is 0.123 e. The van der Waals surface area contributed by atoms with Crippen molar-refractivity contribution in [2.75, 3.05) is 40.5 Å². The molecule has 1 rings (SSSR count). The molecule has 21 heavy (non-hydrogen) atoms. The molecule has 0 bridgehead atoms. The van der Waals surface area contributed by atoms with Gasteiger partial charge in [-0.1, -0.05) is 25.1 Å². The molecule has 0 aromatic heterocycles. The number of nitrogens with zero attached hydrogens (tertiary/aromatic N) is 1. The topological polar surface area (TPSA) is 68.0 Å². The predicted molar refractivity (Wildman–Crippen MR) is 84.5 cm³/mol. The molecule has 1 aromatic rings. The Kier molecular flexibility index (Phi) is 8.30. The summed E-state index contributed by atoms with van der Waals surface area (Å²) in [5.41, 5.74) is 7.41. The van der Waals surface area contributed by atoms with Crippen LogP contribution in [0.25, 0.3) is 0 Å². The molecule has 2 unspecified atom stereocenters. The van der Waals surface area contributed by atoms with Crippen LogP contribution in [-0.2, 0) is 4.74 Å². The highest BCUT2D eigenvalue weighted by Gasteiger charge is 2.27. The molecule has 3 N–H and O–H groups in total. The number of nitrogens with two attached hydrogens (primary N) is 1. The third-order valence-corrected chi connectivity index (χ3v) is 3.70. The average molecular weight is 296 g/mol. The molecule has 0 aliphatic carbocycles. The van der Waals surface area contributed by atoms with Crippen LogP contribution >= 0.6 is 0 Å². The van der Waals surface area contributed by atoms with Gasteiger partial charge in [0.25, 0.3) is 0 Å². The van der Waals surface area contributed by atoms with Gasteiger partial charge in [-0.05, 0) is 12.5 Å². The Morgan fingerprint density at radius 3 is 2.52 bits per heavy atom. The SMILES string of the molecule is CCC(N)C(c1ccccc1OC)N(CCO)CCOC. The second kappa shape index (κ2) is 9.73. The summed E-state index contributed by atoms with van der Waals surface area (Å²) in [4.78, 5) is 2.16. The van der Waals surface area contributed by atoms with Crippen LogP contribution in [-0.4, -0.2) is 56.6 Å². The Labute approximate surface area is 127 Å². The first-order valence-corrected chi connectivity index (χ1v) is 7.41. The van der Waals surface area contributed by atoms with Gasteiger partial charge in [0.1, 0.15) is 5.75 Å². The molecule has 0 spiro atoms. The molecule has 0 heterocycles. The van der Waals surface area contributed by atoms with E-state index in [2.05, 4.69) is 11.8 Å². The Balaban J connectivity index is 3.12. The third kappa shape index (κ3) is 4.97. The van der Waals surface area contributed by atoms with Crippen molar-refractivity contribution in [1.82, 2.24) is 4.90 Å². The van der Waals surface area contributed by atoms with E-state index in [1.807, 2.05) is 24.3 Å². The van der Waals surface area contributed by atoms with E-state index in [1.54, 1.807) is 14.2 Å². The normalized spacial score (nSPS) is 14.2. The van der Waals surface area contributed by atoms with Gasteiger partial charge in [-0.25, -0.2) is 0 Å². The molecule has 0 fully saturated rings. The molecule has 120 valence electrons. The van der Waals surface area contributed by atoms with E-state index in [0.717, 1.165) is 17.7 Å². The maximum atomic E-state index is 9.36. The van der Waals surface area contributed by atoms with Crippen LogP contribution in [0.3, 0.4) is 0 Å². The van der Waals surface area contributed by atoms with Crippen molar-refractivity contribution in [1.29, 1.82) is 0 Å². The van der Waals surface area contributed by atoms with Gasteiger partial charge in [0.2, 0.25) is 0 Å². The van der Waals surface area contributed by atoms with Crippen molar-refractivity contribution in [2.24, 2.45) is 5.73 Å². The first-order chi connectivity index (χ1) is 10.2. The number of ether oxygens (including phenoxy) is 2. The molecular formula is C16H28N2O3. The molecule has 0 radical (unpaired) electrons. The number of hydrogen-bond donors (Lipinski definition) is 2. The van der Waals surface area contributed by atoms with Crippen LogP contribution in [0.1, 0.15) is 24.9 Å². The summed E-state index contributed by atoms with van der Waals surface area (Å²) in [6, 6.07) is 7.87. The minimum atomic E-state index is -0.0373. The van der Waals surface area contributed by atoms with Gasteiger partial charge >= 0.3 is 0 Å². The lowest BCUT2D eigenvalue weighted by molar-refractivity contribution is 0.0888. The molecule has 5 nitrogen and oxygen atoms in total. The minimum absolute atomic E-state index is 0.00606. The Hall–Kier alpha value is -1.14. The van der Waals surface area contributed by atoms with Crippen LogP contribution in [0.5, 0.6) is 5.75 Å². The fourth-order valence-corrected chi connectivity index (χ4v) is 2.56. The Bertz CT molecular complexity index is 401. The molecule has 2 atom stereocenters. The van der Waals surface area contributed by atoms with Crippen molar-refractivity contribution in [2.45, 2.75) is 25.4 Å². The van der Waals surface area contributed by atoms with Gasteiger partial charge in [-0.2, -0.15) is 0 Å². The molecule has 0 saturated heterocycles. The summed E-state index contributed by atoms with van der Waals surface area (Å²) in [5.74, 6) is 0.826. The smallest absolute Gasteiger partial charge is 0.123 e. The van der Waals surface area contributed by atoms with Crippen LogP contribution in [0.2, 0.25) is 0 Å². The van der Waals surface area contributed by atoms with Crippen molar-refractivity contribution in [3.05, 3.63) is 29.8 Å². The Morgan fingerprint density at radius 2 is 1.95 bits per heavy atom. The van der Waals surface area contributed by atoms with E-state index < -0.39 is 0 Å². The fourth-order valence-electron chi connectivity index (χ4n) is 2.56. The van der Waals surface area contributed by atoms with Crippen LogP contribution in [0.15, 0.2) is 24.3 Å². The number of para-hydroxylation sites is 1. The molecule has 0 saturated carbocycles. The lowest BCUT2D eigenvalue weighted by Crippen LogP contribution is -2.43. The summed E-state index contributed by atoms with van der Waals surface area (Å²) < 4.78 is 10.7. The largest absolute Gasteiger partial charge is 0.496 e. The second-order valence-corrected chi connectivity index (χ2v) is 5.01. The van der Waals surface area contributed by atoms with E-state index in [1.165, 1.54) is 0 Å². The van der Waals surface area contributed by atoms with E-state index in [0.29, 0.717) is 19.7 Å². The zero-order chi connectivity index (χ0) is 15.7. The second-order valence-electron chi connectivity index (χ2n) is 5.01. The maximum absolute atomic E-state index is 9.36. The number of hydrogen-bond acceptors (Lipinski definition) is 5. The summed E-state index contributed by atoms with van der Waals surface area (Å²) in [5, 5.41) is 9.36. The average Bonchev–Trinajstić information content (AvgIpc) is 2.52. The summed E-state index contributed by atoms with van der Waals surface area (Å²) in [6.45, 7) is 4.03. The van der Waals surface area contributed by atoms with Crippen molar-refractivity contribution in [3.63, 3.8) is 0 Å². The van der Waals surface area contributed by atoms with Crippen LogP contribution in [0.4, 0.5) is 0 Å². The van der Waals surface area contributed by atoms with Crippen molar-refractivity contribution in [3.8, 4) is 5.75 Å². The molecule has 0 aliphatic heterocycles. The van der Waals surface area contributed by atoms with Crippen LogP contribution in [0, 0.1) is 0 Å². The van der Waals surface area contributed by atoms with Crippen molar-refractivity contribution < 1.29 is 14.6 Å². The highest BCUT2D eigenvalue weighted by molar-refractivity contribution is 5.36. The monoisotopic (exact) mass is 296 g/mol. The zero-order valence-electron chi connectivity index (χ0n) is 13.3. The van der Waals surface area contributed by atoms with E-state index in [4.69, 9.17) is 15.2 Å². The highest BCUT2D eigenvalue weighted by atomic mass is 16.5. The van der Waals surface area contributed by atoms with Gasteiger partial charge in [0.05, 0.1) is 26.4 Å². The van der Waals surface area contributed by atoms with E-state index in [9.17, 15) is 5.11 Å². The van der Waals surface area contributed by atoms with Gasteiger partial charge in [-0.3, -0.25) is 4.90 Å². The lowest BCUT2D eigenvalue weighted by Gasteiger charge is -2.35. The third-order valence-electron chi connectivity index (χ3n) is 3.70. The number of benzene rings is 1. The highest BCUT2D eigenvalue weighted by Crippen LogP contribution is 2.32. The van der Waals surface area contributed by atoms with E-state index >= 15 is 0 Å². The van der Waals surface area contributed by atoms with Gasteiger partial charge in [0, 0.05) is 31.8 Å². The zero-order valence-corrected chi connectivity index (χ0v) is 13.3. The molecule has 5 heteroatoms. The van der Waals surface area contributed by atoms with Gasteiger partial charge in [-0.15, -0.1) is 0 Å². The number of rotatable bonds is 10. The summed E-state index contributed by atoms with van der Waals surface area (Å²) in [6.07, 6.45) is 0.845. The summed E-state index contributed by atoms with van der Waals surface area (Å²) >= 11 is 0. The number of aliphatic hydroxyl groups is 1.